The van der Waals surface area contributed by atoms with Crippen molar-refractivity contribution in [2.45, 2.75) is 425 Å². The zero-order valence-corrected chi connectivity index (χ0v) is 66.6. The van der Waals surface area contributed by atoms with Crippen LogP contribution in [0.5, 0.6) is 0 Å². The van der Waals surface area contributed by atoms with Crippen LogP contribution in [-0.2, 0) is 65.4 Å². The van der Waals surface area contributed by atoms with Gasteiger partial charge in [0.05, 0.1) is 26.4 Å². The largest absolute Gasteiger partial charge is 0.472 e. The molecule has 0 aliphatic heterocycles. The van der Waals surface area contributed by atoms with Crippen LogP contribution in [0.4, 0.5) is 0 Å². The Hall–Kier alpha value is -2.46. The standard InChI is InChI=1S/C81H154O17P2/c1-6-9-12-15-18-21-24-27-30-32-33-36-39-42-45-52-57-62-67-80(85)97-76(70-91-78(83)64-59-54-49-43-40-37-35-31-28-25-22-19-16-13-10-7-2)72-95-99(87,88)93-68-75(82)69-94-100(89,90)96-73-77(71-92-79(84)65-60-55-50-47-46-48-53-58-63-74(4)5)98-81(86)66-61-56-51-44-41-38-34-29-26-23-20-17-14-11-8-3/h23,26,29,34,74-77,82H,6-22,24-25,27-28,30-33,35-73H2,1-5H3,(H,87,88)(H,89,90)/b26-23-,34-29-/t75-,76-,77-/m1/s1. The van der Waals surface area contributed by atoms with Gasteiger partial charge in [0.25, 0.3) is 0 Å². The smallest absolute Gasteiger partial charge is 0.462 e. The maximum atomic E-state index is 13.1. The topological polar surface area (TPSA) is 237 Å². The average Bonchev–Trinajstić information content (AvgIpc) is 0.971. The van der Waals surface area contributed by atoms with Crippen molar-refractivity contribution in [3.63, 3.8) is 0 Å². The van der Waals surface area contributed by atoms with Crippen molar-refractivity contribution in [2.75, 3.05) is 39.6 Å². The molecule has 3 N–H and O–H groups in total. The first-order chi connectivity index (χ1) is 48.5. The molecule has 0 aliphatic rings. The monoisotopic (exact) mass is 1460 g/mol. The molecule has 0 amide bonds. The summed E-state index contributed by atoms with van der Waals surface area (Å²) in [5.74, 6) is -1.41. The number of carbonyl (C=O) groups excluding carboxylic acids is 4. The second-order valence-corrected chi connectivity index (χ2v) is 31.9. The summed E-state index contributed by atoms with van der Waals surface area (Å²) >= 11 is 0. The molecule has 0 radical (unpaired) electrons. The number of carbonyl (C=O) groups is 4. The lowest BCUT2D eigenvalue weighted by atomic mass is 10.0. The molecule has 0 aromatic rings. The number of phosphoric acid groups is 2. The summed E-state index contributed by atoms with van der Waals surface area (Å²) in [5.41, 5.74) is 0. The lowest BCUT2D eigenvalue weighted by Gasteiger charge is -2.21. The molecule has 0 fully saturated rings. The predicted molar refractivity (Wildman–Crippen MR) is 409 cm³/mol. The van der Waals surface area contributed by atoms with Gasteiger partial charge in [0.1, 0.15) is 19.3 Å². The van der Waals surface area contributed by atoms with Gasteiger partial charge in [-0.3, -0.25) is 37.3 Å². The van der Waals surface area contributed by atoms with Crippen LogP contribution in [0, 0.1) is 5.92 Å². The van der Waals surface area contributed by atoms with Gasteiger partial charge < -0.3 is 33.8 Å². The van der Waals surface area contributed by atoms with Gasteiger partial charge in [-0.1, -0.05) is 354 Å². The van der Waals surface area contributed by atoms with Crippen molar-refractivity contribution in [3.8, 4) is 0 Å². The molecule has 0 heterocycles. The molecule has 0 aliphatic carbocycles. The molecule has 0 saturated heterocycles. The van der Waals surface area contributed by atoms with Gasteiger partial charge in [0.2, 0.25) is 0 Å². The van der Waals surface area contributed by atoms with Crippen LogP contribution in [0.25, 0.3) is 0 Å². The third-order valence-electron chi connectivity index (χ3n) is 18.4. The maximum Gasteiger partial charge on any atom is 0.472 e. The SMILES string of the molecule is CCCCCC/C=C\C=C/CCCCCCCC(=O)O[C@H](COC(=O)CCCCCCCCCCC(C)C)COP(=O)(O)OC[C@H](O)COP(=O)(O)OC[C@@H](COC(=O)CCCCCCCCCCCCCCCCCC)OC(=O)CCCCCCCCCCCCCCCCCCCC. The summed E-state index contributed by atoms with van der Waals surface area (Å²) in [6.07, 6.45) is 67.4. The number of phosphoric ester groups is 2. The number of esters is 4. The van der Waals surface area contributed by atoms with Crippen molar-refractivity contribution < 1.29 is 80.2 Å². The van der Waals surface area contributed by atoms with Crippen LogP contribution >= 0.6 is 15.6 Å². The second kappa shape index (κ2) is 73.4. The van der Waals surface area contributed by atoms with Gasteiger partial charge in [-0.25, -0.2) is 9.13 Å². The molecule has 0 spiro atoms. The fourth-order valence-corrected chi connectivity index (χ4v) is 13.6. The Morgan fingerprint density at radius 2 is 0.540 bits per heavy atom. The van der Waals surface area contributed by atoms with Crippen LogP contribution in [0.1, 0.15) is 407 Å². The Morgan fingerprint density at radius 3 is 0.820 bits per heavy atom. The number of allylic oxidation sites excluding steroid dienone is 4. The molecule has 17 nitrogen and oxygen atoms in total. The lowest BCUT2D eigenvalue weighted by molar-refractivity contribution is -0.161. The molecule has 0 bridgehead atoms. The van der Waals surface area contributed by atoms with Crippen molar-refractivity contribution in [1.82, 2.24) is 0 Å². The van der Waals surface area contributed by atoms with Gasteiger partial charge in [-0.15, -0.1) is 0 Å². The van der Waals surface area contributed by atoms with Crippen LogP contribution in [-0.4, -0.2) is 96.7 Å². The van der Waals surface area contributed by atoms with Gasteiger partial charge in [0, 0.05) is 25.7 Å². The average molecular weight is 1460 g/mol. The summed E-state index contributed by atoms with van der Waals surface area (Å²) in [4.78, 5) is 73.0. The minimum absolute atomic E-state index is 0.0849. The first-order valence-corrected chi connectivity index (χ1v) is 44.4. The first kappa shape index (κ1) is 97.5. The van der Waals surface area contributed by atoms with E-state index >= 15 is 0 Å². The number of rotatable bonds is 79. The zero-order chi connectivity index (χ0) is 73.4. The Kier molecular flexibility index (Phi) is 71.6. The summed E-state index contributed by atoms with van der Waals surface area (Å²) in [6, 6.07) is 0. The molecule has 590 valence electrons. The Morgan fingerprint density at radius 1 is 0.310 bits per heavy atom. The highest BCUT2D eigenvalue weighted by atomic mass is 31.2. The summed E-state index contributed by atoms with van der Waals surface area (Å²) in [5, 5.41) is 10.6. The Bertz CT molecular complexity index is 2000. The fraction of sp³-hybridized carbons (Fsp3) is 0.901. The van der Waals surface area contributed by atoms with Crippen LogP contribution in [0.15, 0.2) is 24.3 Å². The van der Waals surface area contributed by atoms with Crippen LogP contribution < -0.4 is 0 Å². The van der Waals surface area contributed by atoms with Gasteiger partial charge in [-0.05, 0) is 57.3 Å². The fourth-order valence-electron chi connectivity index (χ4n) is 12.0. The van der Waals surface area contributed by atoms with Crippen molar-refractivity contribution >= 4 is 39.5 Å². The Labute approximate surface area is 612 Å². The highest BCUT2D eigenvalue weighted by molar-refractivity contribution is 7.47. The third-order valence-corrected chi connectivity index (χ3v) is 20.3. The van der Waals surface area contributed by atoms with Gasteiger partial charge in [0.15, 0.2) is 12.2 Å². The van der Waals surface area contributed by atoms with E-state index in [9.17, 15) is 43.2 Å². The maximum absolute atomic E-state index is 13.1. The van der Waals surface area contributed by atoms with Crippen molar-refractivity contribution in [1.29, 1.82) is 0 Å². The van der Waals surface area contributed by atoms with E-state index in [1.807, 2.05) is 0 Å². The first-order valence-electron chi connectivity index (χ1n) is 41.5. The van der Waals surface area contributed by atoms with Crippen LogP contribution in [0.2, 0.25) is 0 Å². The van der Waals surface area contributed by atoms with E-state index in [4.69, 9.17) is 37.0 Å². The Balaban J connectivity index is 5.28. The van der Waals surface area contributed by atoms with E-state index < -0.39 is 97.5 Å². The normalized spacial score (nSPS) is 14.0. The number of ether oxygens (including phenoxy) is 4. The summed E-state index contributed by atoms with van der Waals surface area (Å²) in [7, 11) is -9.93. The highest BCUT2D eigenvalue weighted by Gasteiger charge is 2.30. The zero-order valence-electron chi connectivity index (χ0n) is 64.8. The number of aliphatic hydroxyl groups excluding tert-OH is 1. The van der Waals surface area contributed by atoms with Gasteiger partial charge in [-0.2, -0.15) is 0 Å². The van der Waals surface area contributed by atoms with Crippen LogP contribution in [0.3, 0.4) is 0 Å². The number of unbranched alkanes of at least 4 members (excludes halogenated alkanes) is 48. The second-order valence-electron chi connectivity index (χ2n) is 29.0. The molecule has 5 atom stereocenters. The number of aliphatic hydroxyl groups is 1. The van der Waals surface area contributed by atoms with E-state index in [1.54, 1.807) is 0 Å². The van der Waals surface area contributed by atoms with E-state index in [0.29, 0.717) is 25.7 Å². The molecule has 19 heteroatoms. The van der Waals surface area contributed by atoms with E-state index in [1.165, 1.54) is 218 Å². The lowest BCUT2D eigenvalue weighted by Crippen LogP contribution is -2.30. The molecule has 2 unspecified atom stereocenters. The third kappa shape index (κ3) is 73.8. The molecular formula is C81H154O17P2. The molecular weight excluding hydrogens is 1310 g/mol. The van der Waals surface area contributed by atoms with E-state index in [0.717, 1.165) is 109 Å². The number of hydrogen-bond acceptors (Lipinski definition) is 15. The van der Waals surface area contributed by atoms with Crippen molar-refractivity contribution in [3.05, 3.63) is 24.3 Å². The molecule has 0 aromatic carbocycles. The highest BCUT2D eigenvalue weighted by Crippen LogP contribution is 2.45. The molecule has 0 rings (SSSR count). The van der Waals surface area contributed by atoms with E-state index in [-0.39, 0.29) is 25.7 Å². The molecule has 100 heavy (non-hydrogen) atoms. The van der Waals surface area contributed by atoms with Gasteiger partial charge >= 0.3 is 39.5 Å². The predicted octanol–water partition coefficient (Wildman–Crippen LogP) is 24.0. The minimum Gasteiger partial charge on any atom is -0.462 e. The summed E-state index contributed by atoms with van der Waals surface area (Å²) in [6.45, 7) is 7.23. The van der Waals surface area contributed by atoms with Crippen molar-refractivity contribution in [2.24, 2.45) is 5.92 Å². The quantitative estimate of drug-likeness (QED) is 0.0169. The number of hydrogen-bond donors (Lipinski definition) is 3. The molecule has 0 saturated carbocycles. The summed E-state index contributed by atoms with van der Waals surface area (Å²) < 4.78 is 68.7. The van der Waals surface area contributed by atoms with E-state index in [2.05, 4.69) is 58.9 Å². The molecule has 0 aromatic heterocycles. The minimum atomic E-state index is -4.97.